The fraction of sp³-hybridized carbons (Fsp3) is 0.500. The van der Waals surface area contributed by atoms with Crippen LogP contribution in [0.5, 0.6) is 0 Å². The molecule has 13 nitrogen and oxygen atoms in total. The fourth-order valence-corrected chi connectivity index (χ4v) is 7.65. The van der Waals surface area contributed by atoms with E-state index in [-0.39, 0.29) is 12.3 Å². The number of hydrogen-bond acceptors (Lipinski definition) is 11. The number of fused-ring (bicyclic) bond motifs is 2. The van der Waals surface area contributed by atoms with Crippen LogP contribution in [-0.4, -0.2) is 107 Å². The average molecular weight is 629 g/mol. The number of sulfonamides is 1. The molecule has 5 heterocycles. The molecule has 0 aliphatic carbocycles. The summed E-state index contributed by atoms with van der Waals surface area (Å²) >= 11 is 1.70. The SMILES string of the molecule is CS(=O)(=O)N1CCN(Cc2cc3nc(-c4cccc5c4cnn5CCCCC(=O)NO)nc(N4CCOCC4)c3s2)CC1. The molecule has 0 atom stereocenters. The second-order valence-electron chi connectivity index (χ2n) is 10.9. The number of nitrogens with zero attached hydrogens (tertiary/aromatic N) is 7. The zero-order chi connectivity index (χ0) is 30.0. The molecule has 1 amide bonds. The number of benzene rings is 1. The Morgan fingerprint density at radius 2 is 1.88 bits per heavy atom. The number of carbonyl (C=O) groups is 1. The molecule has 2 aliphatic heterocycles. The monoisotopic (exact) mass is 628 g/mol. The van der Waals surface area contributed by atoms with Gasteiger partial charge >= 0.3 is 0 Å². The van der Waals surface area contributed by atoms with E-state index in [0.717, 1.165) is 58.6 Å². The van der Waals surface area contributed by atoms with Crippen molar-refractivity contribution in [2.75, 3.05) is 63.6 Å². The first kappa shape index (κ1) is 29.8. The van der Waals surface area contributed by atoms with Gasteiger partial charge in [0.05, 0.1) is 41.4 Å². The number of rotatable bonds is 10. The highest BCUT2D eigenvalue weighted by atomic mass is 32.2. The van der Waals surface area contributed by atoms with Crippen molar-refractivity contribution < 1.29 is 23.2 Å². The maximum Gasteiger partial charge on any atom is 0.243 e. The zero-order valence-electron chi connectivity index (χ0n) is 24.1. The van der Waals surface area contributed by atoms with Gasteiger partial charge in [-0.1, -0.05) is 12.1 Å². The Kier molecular flexibility index (Phi) is 8.88. The molecule has 4 aromatic rings. The number of unbranched alkanes of at least 4 members (excludes halogenated alkanes) is 1. The maximum absolute atomic E-state index is 11.9. The van der Waals surface area contributed by atoms with E-state index in [1.807, 2.05) is 29.1 Å². The van der Waals surface area contributed by atoms with E-state index in [1.54, 1.807) is 21.1 Å². The van der Waals surface area contributed by atoms with Gasteiger partial charge in [0.25, 0.3) is 0 Å². The number of aromatic nitrogens is 4. The molecule has 1 aromatic carbocycles. The smallest absolute Gasteiger partial charge is 0.243 e. The van der Waals surface area contributed by atoms with Gasteiger partial charge in [-0.2, -0.15) is 9.40 Å². The highest BCUT2D eigenvalue weighted by Crippen LogP contribution is 2.36. The Bertz CT molecular complexity index is 1710. The number of aryl methyl sites for hydroxylation is 1. The number of thiophene rings is 1. The van der Waals surface area contributed by atoms with Gasteiger partial charge in [-0.05, 0) is 25.0 Å². The Morgan fingerprint density at radius 1 is 1.09 bits per heavy atom. The predicted octanol–water partition coefficient (Wildman–Crippen LogP) is 2.30. The quantitative estimate of drug-likeness (QED) is 0.152. The van der Waals surface area contributed by atoms with Crippen molar-refractivity contribution in [3.8, 4) is 11.4 Å². The number of morpholine rings is 1. The van der Waals surface area contributed by atoms with Gasteiger partial charge in [-0.3, -0.25) is 19.6 Å². The Hall–Kier alpha value is -3.21. The van der Waals surface area contributed by atoms with E-state index in [9.17, 15) is 13.2 Å². The summed E-state index contributed by atoms with van der Waals surface area (Å²) in [4.78, 5) is 27.3. The van der Waals surface area contributed by atoms with Crippen LogP contribution in [0.2, 0.25) is 0 Å². The van der Waals surface area contributed by atoms with Crippen LogP contribution in [0.4, 0.5) is 5.82 Å². The highest BCUT2D eigenvalue weighted by molar-refractivity contribution is 7.88. The fourth-order valence-electron chi connectivity index (χ4n) is 5.67. The van der Waals surface area contributed by atoms with Gasteiger partial charge in [0, 0.05) is 74.6 Å². The van der Waals surface area contributed by atoms with E-state index >= 15 is 0 Å². The summed E-state index contributed by atoms with van der Waals surface area (Å²) in [7, 11) is -3.17. The third kappa shape index (κ3) is 6.66. The Labute approximate surface area is 254 Å². The molecule has 0 unspecified atom stereocenters. The lowest BCUT2D eigenvalue weighted by atomic mass is 10.1. The summed E-state index contributed by atoms with van der Waals surface area (Å²) in [5, 5.41) is 14.3. The number of anilines is 1. The molecule has 3 aromatic heterocycles. The van der Waals surface area contributed by atoms with Crippen LogP contribution < -0.4 is 10.4 Å². The maximum atomic E-state index is 11.9. The van der Waals surface area contributed by atoms with Crippen molar-refractivity contribution in [3.05, 3.63) is 35.3 Å². The van der Waals surface area contributed by atoms with Crippen LogP contribution in [0.1, 0.15) is 24.1 Å². The van der Waals surface area contributed by atoms with Crippen molar-refractivity contribution in [2.45, 2.75) is 32.4 Å². The van der Waals surface area contributed by atoms with E-state index in [4.69, 9.17) is 19.9 Å². The molecular weight excluding hydrogens is 592 g/mol. The number of hydrogen-bond donors (Lipinski definition) is 2. The van der Waals surface area contributed by atoms with Crippen LogP contribution in [0.15, 0.2) is 30.5 Å². The van der Waals surface area contributed by atoms with Crippen LogP contribution >= 0.6 is 11.3 Å². The zero-order valence-corrected chi connectivity index (χ0v) is 25.7. The molecule has 230 valence electrons. The largest absolute Gasteiger partial charge is 0.378 e. The van der Waals surface area contributed by atoms with Crippen LogP contribution in [0.3, 0.4) is 0 Å². The van der Waals surface area contributed by atoms with Crippen LogP contribution in [0.25, 0.3) is 32.5 Å². The summed E-state index contributed by atoms with van der Waals surface area (Å²) in [5.74, 6) is 1.17. The first-order valence-corrected chi connectivity index (χ1v) is 17.1. The lowest BCUT2D eigenvalue weighted by molar-refractivity contribution is -0.129. The molecule has 43 heavy (non-hydrogen) atoms. The van der Waals surface area contributed by atoms with Gasteiger partial charge in [0.1, 0.15) is 0 Å². The molecule has 0 radical (unpaired) electrons. The van der Waals surface area contributed by atoms with Gasteiger partial charge in [-0.15, -0.1) is 11.3 Å². The van der Waals surface area contributed by atoms with Crippen LogP contribution in [-0.2, 0) is 32.6 Å². The first-order valence-electron chi connectivity index (χ1n) is 14.5. The number of piperazine rings is 1. The molecule has 2 N–H and O–H groups in total. The average Bonchev–Trinajstić information content (AvgIpc) is 3.62. The third-order valence-corrected chi connectivity index (χ3v) is 10.4. The van der Waals surface area contributed by atoms with Crippen molar-refractivity contribution in [1.82, 2.24) is 34.4 Å². The first-order chi connectivity index (χ1) is 20.8. The van der Waals surface area contributed by atoms with Crippen molar-refractivity contribution in [2.24, 2.45) is 0 Å². The minimum atomic E-state index is -3.17. The Morgan fingerprint density at radius 3 is 2.63 bits per heavy atom. The van der Waals surface area contributed by atoms with Gasteiger partial charge in [0.15, 0.2) is 11.6 Å². The topological polar surface area (TPSA) is 146 Å². The Balaban J connectivity index is 1.29. The second-order valence-corrected chi connectivity index (χ2v) is 14.1. The summed E-state index contributed by atoms with van der Waals surface area (Å²) in [6, 6.07) is 8.19. The lowest BCUT2D eigenvalue weighted by Gasteiger charge is -2.32. The van der Waals surface area contributed by atoms with E-state index in [1.165, 1.54) is 11.1 Å². The number of carbonyl (C=O) groups excluding carboxylic acids is 1. The van der Waals surface area contributed by atoms with E-state index in [0.29, 0.717) is 58.2 Å². The lowest BCUT2D eigenvalue weighted by Crippen LogP contribution is -2.47. The number of ether oxygens (including phenoxy) is 1. The minimum Gasteiger partial charge on any atom is -0.378 e. The number of nitrogens with one attached hydrogen (secondary N) is 1. The molecule has 15 heteroatoms. The molecule has 2 saturated heterocycles. The predicted molar refractivity (Wildman–Crippen MR) is 165 cm³/mol. The minimum absolute atomic E-state index is 0.263. The molecule has 0 bridgehead atoms. The number of hydroxylamine groups is 1. The van der Waals surface area contributed by atoms with Gasteiger partial charge in [-0.25, -0.2) is 23.9 Å². The third-order valence-electron chi connectivity index (χ3n) is 7.97. The molecule has 0 spiro atoms. The van der Waals surface area contributed by atoms with Gasteiger partial charge in [0.2, 0.25) is 15.9 Å². The van der Waals surface area contributed by atoms with Crippen molar-refractivity contribution in [3.63, 3.8) is 0 Å². The molecular formula is C28H36N8O5S2. The summed E-state index contributed by atoms with van der Waals surface area (Å²) in [5.41, 5.74) is 4.45. The second kappa shape index (κ2) is 12.8. The van der Waals surface area contributed by atoms with E-state index in [2.05, 4.69) is 21.0 Å². The molecule has 6 rings (SSSR count). The summed E-state index contributed by atoms with van der Waals surface area (Å²) in [6.45, 7) is 6.56. The van der Waals surface area contributed by atoms with Gasteiger partial charge < -0.3 is 9.64 Å². The standard InChI is InChI=1S/C28H36N8O5S2/c1-43(39,40)35-11-9-33(10-12-35)19-20-17-23-26(42-20)28(34-13-15-41-16-14-34)31-27(30-23)21-5-4-6-24-22(21)18-29-36(24)8-3-2-7-25(37)32-38/h4-6,17-18,38H,2-3,7-16,19H2,1H3,(H,32,37). The molecule has 2 aliphatic rings. The van der Waals surface area contributed by atoms with Crippen LogP contribution in [0, 0.1) is 0 Å². The number of amides is 1. The summed E-state index contributed by atoms with van der Waals surface area (Å²) < 4.78 is 34.0. The summed E-state index contributed by atoms with van der Waals surface area (Å²) in [6.07, 6.45) is 4.77. The van der Waals surface area contributed by atoms with E-state index < -0.39 is 10.0 Å². The van der Waals surface area contributed by atoms with Crippen molar-refractivity contribution >= 4 is 54.2 Å². The van der Waals surface area contributed by atoms with Crippen molar-refractivity contribution in [1.29, 1.82) is 0 Å². The normalized spacial score (nSPS) is 17.2. The molecule has 0 saturated carbocycles. The highest BCUT2D eigenvalue weighted by Gasteiger charge is 2.25. The molecule has 2 fully saturated rings.